The van der Waals surface area contributed by atoms with Crippen LogP contribution in [0.3, 0.4) is 0 Å². The number of hydrogen-bond acceptors (Lipinski definition) is 10. The molecule has 0 aliphatic heterocycles. The van der Waals surface area contributed by atoms with Gasteiger partial charge in [-0.3, -0.25) is 10.1 Å². The number of aryl methyl sites for hydroxylation is 1. The fraction of sp³-hybridized carbons (Fsp3) is 0.0625. The van der Waals surface area contributed by atoms with Crippen LogP contribution in [0.2, 0.25) is 0 Å². The predicted octanol–water partition coefficient (Wildman–Crippen LogP) is 3.47. The lowest BCUT2D eigenvalue weighted by Crippen LogP contribution is -2.11. The molecule has 4 aromatic rings. The first-order chi connectivity index (χ1) is 13.0. The van der Waals surface area contributed by atoms with Crippen LogP contribution in [0.1, 0.15) is 20.2 Å². The van der Waals surface area contributed by atoms with E-state index in [1.165, 1.54) is 22.7 Å². The first kappa shape index (κ1) is 17.3. The smallest absolute Gasteiger partial charge is 0.269 e. The molecule has 0 aliphatic carbocycles. The van der Waals surface area contributed by atoms with Gasteiger partial charge in [0.1, 0.15) is 32.2 Å². The number of carbonyl (C=O) groups excluding carboxylic acids is 1. The van der Waals surface area contributed by atoms with E-state index in [1.54, 1.807) is 6.92 Å². The van der Waals surface area contributed by atoms with Crippen molar-refractivity contribution in [1.82, 2.24) is 15.2 Å². The van der Waals surface area contributed by atoms with Gasteiger partial charge >= 0.3 is 0 Å². The molecule has 0 unspecified atom stereocenters. The van der Waals surface area contributed by atoms with Gasteiger partial charge in [-0.2, -0.15) is 16.6 Å². The Kier molecular flexibility index (Phi) is 4.23. The summed E-state index contributed by atoms with van der Waals surface area (Å²) in [4.78, 5) is 17.8. The summed E-state index contributed by atoms with van der Waals surface area (Å²) >= 11 is 3.88. The third kappa shape index (κ3) is 2.89. The van der Waals surface area contributed by atoms with Crippen LogP contribution in [0.5, 0.6) is 0 Å². The number of pyridine rings is 1. The maximum Gasteiger partial charge on any atom is 0.269 e. The van der Waals surface area contributed by atoms with E-state index < -0.39 is 5.91 Å². The molecule has 0 bridgehead atoms. The number of hydrogen-bond donors (Lipinski definition) is 3. The first-order valence-corrected chi connectivity index (χ1v) is 10.1. The average molecular weight is 414 g/mol. The lowest BCUT2D eigenvalue weighted by atomic mass is 9.99. The zero-order valence-electron chi connectivity index (χ0n) is 13.8. The molecule has 8 nitrogen and oxygen atoms in total. The number of amides is 1. The normalized spacial score (nSPS) is 10.8. The lowest BCUT2D eigenvalue weighted by Gasteiger charge is -2.07. The summed E-state index contributed by atoms with van der Waals surface area (Å²) in [5.41, 5.74) is 14.2. The number of nitriles is 1. The van der Waals surface area contributed by atoms with E-state index in [2.05, 4.69) is 26.6 Å². The molecule has 0 spiro atoms. The van der Waals surface area contributed by atoms with Crippen LogP contribution in [0.4, 0.5) is 16.6 Å². The Morgan fingerprint density at radius 1 is 1.30 bits per heavy atom. The van der Waals surface area contributed by atoms with Crippen molar-refractivity contribution in [2.75, 3.05) is 16.8 Å². The molecule has 4 rings (SSSR count). The Morgan fingerprint density at radius 3 is 2.74 bits per heavy atom. The maximum absolute atomic E-state index is 12.7. The van der Waals surface area contributed by atoms with E-state index in [0.717, 1.165) is 21.9 Å². The minimum absolute atomic E-state index is 0.110. The standard InChI is InChI=1S/C16H11N7OS3/c1-6-22-23-16(26-6)21-14(24)12-11(18)10-9(7-2-3-25-5-7)8(4-17)13(19)20-15(10)27-12/h2-3,5H,18H2,1H3,(H2,19,20)(H,21,23,24). The van der Waals surface area contributed by atoms with Crippen LogP contribution >= 0.6 is 34.0 Å². The minimum Gasteiger partial charge on any atom is -0.397 e. The molecule has 1 amide bonds. The van der Waals surface area contributed by atoms with Crippen molar-refractivity contribution >= 4 is 66.8 Å². The molecule has 4 heterocycles. The molecule has 134 valence electrons. The molecule has 0 aromatic carbocycles. The highest BCUT2D eigenvalue weighted by Gasteiger charge is 2.24. The van der Waals surface area contributed by atoms with Gasteiger partial charge in [-0.1, -0.05) is 11.3 Å². The van der Waals surface area contributed by atoms with Crippen molar-refractivity contribution < 1.29 is 4.79 Å². The van der Waals surface area contributed by atoms with Gasteiger partial charge in [-0.25, -0.2) is 4.98 Å². The van der Waals surface area contributed by atoms with Crippen LogP contribution < -0.4 is 16.8 Å². The zero-order chi connectivity index (χ0) is 19.1. The van der Waals surface area contributed by atoms with Crippen molar-refractivity contribution in [3.05, 3.63) is 32.3 Å². The van der Waals surface area contributed by atoms with Gasteiger partial charge in [0, 0.05) is 10.9 Å². The summed E-state index contributed by atoms with van der Waals surface area (Å²) in [6.45, 7) is 1.80. The number of nitrogens with one attached hydrogen (secondary N) is 1. The number of thiophene rings is 2. The highest BCUT2D eigenvalue weighted by molar-refractivity contribution is 7.21. The van der Waals surface area contributed by atoms with Crippen LogP contribution in [0, 0.1) is 18.3 Å². The summed E-state index contributed by atoms with van der Waals surface area (Å²) < 4.78 is 0. The lowest BCUT2D eigenvalue weighted by molar-refractivity contribution is 0.103. The number of nitrogens with zero attached hydrogens (tertiary/aromatic N) is 4. The molecule has 5 N–H and O–H groups in total. The number of fused-ring (bicyclic) bond motifs is 1. The third-order valence-electron chi connectivity index (χ3n) is 3.78. The number of aromatic nitrogens is 3. The quantitative estimate of drug-likeness (QED) is 0.466. The molecule has 27 heavy (non-hydrogen) atoms. The van der Waals surface area contributed by atoms with E-state index in [1.807, 2.05) is 16.8 Å². The van der Waals surface area contributed by atoms with Crippen molar-refractivity contribution in [2.45, 2.75) is 6.92 Å². The SMILES string of the molecule is Cc1nnc(NC(=O)c2sc3nc(N)c(C#N)c(-c4ccsc4)c3c2N)s1. The molecule has 0 fully saturated rings. The molecular formula is C16H11N7OS3. The van der Waals surface area contributed by atoms with Gasteiger partial charge < -0.3 is 11.5 Å². The van der Waals surface area contributed by atoms with Crippen molar-refractivity contribution in [2.24, 2.45) is 0 Å². The number of nitrogens with two attached hydrogens (primary N) is 2. The second kappa shape index (κ2) is 6.58. The summed E-state index contributed by atoms with van der Waals surface area (Å²) in [6, 6.07) is 3.98. The second-order valence-corrected chi connectivity index (χ2v) is 8.44. The second-order valence-electron chi connectivity index (χ2n) is 5.48. The van der Waals surface area contributed by atoms with Crippen molar-refractivity contribution in [1.29, 1.82) is 5.26 Å². The fourth-order valence-corrected chi connectivity index (χ4v) is 4.89. The maximum atomic E-state index is 12.7. The Labute approximate surface area is 165 Å². The van der Waals surface area contributed by atoms with Crippen molar-refractivity contribution in [3.63, 3.8) is 0 Å². The van der Waals surface area contributed by atoms with E-state index in [0.29, 0.717) is 20.9 Å². The van der Waals surface area contributed by atoms with Crippen LogP contribution in [0.15, 0.2) is 16.8 Å². The van der Waals surface area contributed by atoms with Crippen molar-refractivity contribution in [3.8, 4) is 17.2 Å². The summed E-state index contributed by atoms with van der Waals surface area (Å²) in [5.74, 6) is -0.292. The van der Waals surface area contributed by atoms with Crippen LogP contribution in [-0.4, -0.2) is 21.1 Å². The molecule has 0 saturated heterocycles. The van der Waals surface area contributed by atoms with Gasteiger partial charge in [0.15, 0.2) is 0 Å². The fourth-order valence-electron chi connectivity index (χ4n) is 2.65. The summed E-state index contributed by atoms with van der Waals surface area (Å²) in [5, 5.41) is 25.5. The highest BCUT2D eigenvalue weighted by Crippen LogP contribution is 2.43. The molecule has 0 aliphatic rings. The predicted molar refractivity (Wildman–Crippen MR) is 109 cm³/mol. The van der Waals surface area contributed by atoms with E-state index in [-0.39, 0.29) is 21.9 Å². The largest absolute Gasteiger partial charge is 0.397 e. The van der Waals surface area contributed by atoms with Gasteiger partial charge in [-0.15, -0.1) is 21.5 Å². The highest BCUT2D eigenvalue weighted by atomic mass is 32.1. The topological polar surface area (TPSA) is 144 Å². The molecular weight excluding hydrogens is 402 g/mol. The van der Waals surface area contributed by atoms with Gasteiger partial charge in [-0.05, 0) is 29.3 Å². The van der Waals surface area contributed by atoms with E-state index >= 15 is 0 Å². The molecule has 11 heteroatoms. The van der Waals surface area contributed by atoms with Gasteiger partial charge in [0.2, 0.25) is 5.13 Å². The number of nitrogen functional groups attached to an aromatic ring is 2. The number of anilines is 3. The summed E-state index contributed by atoms with van der Waals surface area (Å²) in [6.07, 6.45) is 0. The van der Waals surface area contributed by atoms with E-state index in [4.69, 9.17) is 11.5 Å². The third-order valence-corrected chi connectivity index (χ3v) is 6.31. The van der Waals surface area contributed by atoms with Crippen LogP contribution in [0.25, 0.3) is 21.3 Å². The minimum atomic E-state index is -0.403. The molecule has 0 saturated carbocycles. The number of rotatable bonds is 3. The Balaban J connectivity index is 1.90. The Hall–Kier alpha value is -3.07. The molecule has 0 radical (unpaired) electrons. The monoisotopic (exact) mass is 413 g/mol. The Morgan fingerprint density at radius 2 is 2.11 bits per heavy atom. The zero-order valence-corrected chi connectivity index (χ0v) is 16.3. The Bertz CT molecular complexity index is 1220. The first-order valence-electron chi connectivity index (χ1n) is 7.55. The van der Waals surface area contributed by atoms with Gasteiger partial charge in [0.05, 0.1) is 5.69 Å². The molecule has 0 atom stereocenters. The van der Waals surface area contributed by atoms with E-state index in [9.17, 15) is 10.1 Å². The number of carbonyl (C=O) groups is 1. The van der Waals surface area contributed by atoms with Gasteiger partial charge in [0.25, 0.3) is 5.91 Å². The molecule has 4 aromatic heterocycles. The summed E-state index contributed by atoms with van der Waals surface area (Å²) in [7, 11) is 0. The van der Waals surface area contributed by atoms with Crippen LogP contribution in [-0.2, 0) is 0 Å². The average Bonchev–Trinajstić information content (AvgIpc) is 3.35.